The average Bonchev–Trinajstić information content (AvgIpc) is 2.68. The molecule has 9 atom stereocenters. The number of esters is 1. The first-order valence-electron chi connectivity index (χ1n) is 12.3. The van der Waals surface area contributed by atoms with Gasteiger partial charge >= 0.3 is 5.97 Å². The van der Waals surface area contributed by atoms with Crippen LogP contribution < -0.4 is 0 Å². The van der Waals surface area contributed by atoms with Crippen LogP contribution in [0.1, 0.15) is 92.4 Å². The number of aliphatic hydroxyl groups excluding tert-OH is 2. The number of carbonyl (C=O) groups excluding carboxylic acids is 1. The van der Waals surface area contributed by atoms with Crippen molar-refractivity contribution in [1.82, 2.24) is 0 Å². The molecule has 4 nitrogen and oxygen atoms in total. The van der Waals surface area contributed by atoms with Crippen LogP contribution in [0.5, 0.6) is 0 Å². The molecule has 0 unspecified atom stereocenters. The minimum Gasteiger partial charge on any atom is -0.469 e. The minimum atomic E-state index is -0.407. The van der Waals surface area contributed by atoms with E-state index in [9.17, 15) is 15.0 Å². The molecule has 0 heterocycles. The normalized spacial score (nSPS) is 52.5. The first-order chi connectivity index (χ1) is 13.9. The Bertz CT molecular complexity index is 689. The number of hydrogen-bond donors (Lipinski definition) is 2. The summed E-state index contributed by atoms with van der Waals surface area (Å²) in [7, 11) is 1.44. The topological polar surface area (TPSA) is 66.8 Å². The van der Waals surface area contributed by atoms with Gasteiger partial charge < -0.3 is 14.9 Å². The van der Waals surface area contributed by atoms with Gasteiger partial charge in [-0.3, -0.25) is 4.79 Å². The standard InChI is InChI=1S/C26H44O4/c1-23(2)18-10-14-26(5)19(24(18,3)12-11-20(23)27)8-7-17-22(29)16(15-21(28)30-6)9-13-25(17,26)4/h16-20,22,27,29H,7-15H2,1-6H3/t16-,17-,18+,19-,20+,22-,24+,25-,26-/m1/s1. The average molecular weight is 421 g/mol. The molecule has 0 amide bonds. The Morgan fingerprint density at radius 3 is 2.20 bits per heavy atom. The second-order valence-electron chi connectivity index (χ2n) is 12.6. The summed E-state index contributed by atoms with van der Waals surface area (Å²) in [6.07, 6.45) is 8.37. The maximum Gasteiger partial charge on any atom is 0.305 e. The summed E-state index contributed by atoms with van der Waals surface area (Å²) in [6.45, 7) is 12.1. The van der Waals surface area contributed by atoms with Gasteiger partial charge in [0.2, 0.25) is 0 Å². The van der Waals surface area contributed by atoms with Crippen molar-refractivity contribution in [3.05, 3.63) is 0 Å². The van der Waals surface area contributed by atoms with Crippen molar-refractivity contribution in [3.8, 4) is 0 Å². The zero-order valence-electron chi connectivity index (χ0n) is 20.0. The third-order valence-corrected chi connectivity index (χ3v) is 11.5. The number of carbonyl (C=O) groups is 1. The van der Waals surface area contributed by atoms with Gasteiger partial charge in [-0.05, 0) is 96.7 Å². The first kappa shape index (κ1) is 22.6. The quantitative estimate of drug-likeness (QED) is 0.620. The molecule has 0 aromatic carbocycles. The highest BCUT2D eigenvalue weighted by Crippen LogP contribution is 2.74. The van der Waals surface area contributed by atoms with Crippen LogP contribution in [0.15, 0.2) is 0 Å². The number of fused-ring (bicyclic) bond motifs is 5. The van der Waals surface area contributed by atoms with Crippen molar-refractivity contribution in [2.75, 3.05) is 7.11 Å². The Morgan fingerprint density at radius 1 is 0.867 bits per heavy atom. The second kappa shape index (κ2) is 7.20. The molecule has 0 saturated heterocycles. The minimum absolute atomic E-state index is 0.0240. The van der Waals surface area contributed by atoms with Gasteiger partial charge in [-0.2, -0.15) is 0 Å². The molecule has 0 spiro atoms. The first-order valence-corrected chi connectivity index (χ1v) is 12.3. The fraction of sp³-hybridized carbons (Fsp3) is 0.962. The van der Waals surface area contributed by atoms with Crippen LogP contribution in [0.2, 0.25) is 0 Å². The molecule has 30 heavy (non-hydrogen) atoms. The SMILES string of the molecule is COC(=O)C[C@H]1CC[C@]2(C)[C@H](CC[C@@H]3[C@@]4(C)CC[C@H](O)C(C)(C)[C@@H]4CC[C@]32C)[C@@H]1O. The fourth-order valence-electron chi connectivity index (χ4n) is 9.48. The molecule has 2 N–H and O–H groups in total. The van der Waals surface area contributed by atoms with Crippen LogP contribution in [0.25, 0.3) is 0 Å². The summed E-state index contributed by atoms with van der Waals surface area (Å²) in [5.41, 5.74) is 0.550. The van der Waals surface area contributed by atoms with Gasteiger partial charge in [0.1, 0.15) is 0 Å². The second-order valence-corrected chi connectivity index (χ2v) is 12.6. The third-order valence-electron chi connectivity index (χ3n) is 11.5. The van der Waals surface area contributed by atoms with Gasteiger partial charge in [-0.25, -0.2) is 0 Å². The van der Waals surface area contributed by atoms with Crippen LogP contribution in [-0.4, -0.2) is 35.5 Å². The third kappa shape index (κ3) is 2.88. The van der Waals surface area contributed by atoms with Gasteiger partial charge in [-0.1, -0.05) is 34.6 Å². The van der Waals surface area contributed by atoms with Gasteiger partial charge in [0.05, 0.1) is 25.7 Å². The van der Waals surface area contributed by atoms with E-state index in [4.69, 9.17) is 4.74 Å². The number of aliphatic hydroxyl groups is 2. The monoisotopic (exact) mass is 420 g/mol. The van der Waals surface area contributed by atoms with Crippen LogP contribution in [0, 0.1) is 45.3 Å². The molecule has 0 radical (unpaired) electrons. The molecule has 4 rings (SSSR count). The van der Waals surface area contributed by atoms with Gasteiger partial charge in [0.25, 0.3) is 0 Å². The van der Waals surface area contributed by atoms with Crippen molar-refractivity contribution in [2.45, 2.75) is 105 Å². The Labute approximate surface area is 183 Å². The predicted molar refractivity (Wildman–Crippen MR) is 118 cm³/mol. The molecule has 172 valence electrons. The Morgan fingerprint density at radius 2 is 1.53 bits per heavy atom. The molecular weight excluding hydrogens is 376 g/mol. The lowest BCUT2D eigenvalue weighted by atomic mass is 9.33. The lowest BCUT2D eigenvalue weighted by molar-refractivity contribution is -0.247. The van der Waals surface area contributed by atoms with E-state index in [1.54, 1.807) is 0 Å². The summed E-state index contributed by atoms with van der Waals surface area (Å²) in [6, 6.07) is 0. The van der Waals surface area contributed by atoms with E-state index >= 15 is 0 Å². The summed E-state index contributed by atoms with van der Waals surface area (Å²) in [5.74, 6) is 1.31. The maximum atomic E-state index is 11.9. The number of methoxy groups -OCH3 is 1. The van der Waals surface area contributed by atoms with Crippen molar-refractivity contribution in [3.63, 3.8) is 0 Å². The van der Waals surface area contributed by atoms with E-state index in [2.05, 4.69) is 34.6 Å². The van der Waals surface area contributed by atoms with Crippen LogP contribution in [0.3, 0.4) is 0 Å². The highest BCUT2D eigenvalue weighted by Gasteiger charge is 2.68. The van der Waals surface area contributed by atoms with E-state index in [-0.39, 0.29) is 45.6 Å². The highest BCUT2D eigenvalue weighted by atomic mass is 16.5. The smallest absolute Gasteiger partial charge is 0.305 e. The predicted octanol–water partition coefficient (Wildman–Crippen LogP) is 4.96. The van der Waals surface area contributed by atoms with Crippen LogP contribution in [0.4, 0.5) is 0 Å². The van der Waals surface area contributed by atoms with Crippen LogP contribution in [-0.2, 0) is 9.53 Å². The Kier molecular flexibility index (Phi) is 5.42. The lowest BCUT2D eigenvalue weighted by Crippen LogP contribution is -2.66. The van der Waals surface area contributed by atoms with Crippen molar-refractivity contribution < 1.29 is 19.7 Å². The van der Waals surface area contributed by atoms with E-state index in [0.29, 0.717) is 18.3 Å². The summed E-state index contributed by atoms with van der Waals surface area (Å²) < 4.78 is 4.90. The van der Waals surface area contributed by atoms with Gasteiger partial charge in [0.15, 0.2) is 0 Å². The molecular formula is C26H44O4. The molecule has 0 aromatic rings. The molecule has 0 aromatic heterocycles. The Balaban J connectivity index is 1.64. The molecule has 4 aliphatic rings. The molecule has 4 fully saturated rings. The summed E-state index contributed by atoms with van der Waals surface area (Å²) in [5, 5.41) is 22.1. The molecule has 4 aliphatic carbocycles. The van der Waals surface area contributed by atoms with Gasteiger partial charge in [-0.15, -0.1) is 0 Å². The highest BCUT2D eigenvalue weighted by molar-refractivity contribution is 5.69. The van der Waals surface area contributed by atoms with E-state index < -0.39 is 6.10 Å². The summed E-state index contributed by atoms with van der Waals surface area (Å²) >= 11 is 0. The zero-order valence-corrected chi connectivity index (χ0v) is 20.0. The Hall–Kier alpha value is -0.610. The summed E-state index contributed by atoms with van der Waals surface area (Å²) in [4.78, 5) is 11.9. The van der Waals surface area contributed by atoms with Crippen LogP contribution >= 0.6 is 0 Å². The zero-order chi connectivity index (χ0) is 22.1. The molecule has 0 aliphatic heterocycles. The van der Waals surface area contributed by atoms with Crippen molar-refractivity contribution in [2.24, 2.45) is 45.3 Å². The van der Waals surface area contributed by atoms with E-state index in [1.807, 2.05) is 0 Å². The van der Waals surface area contributed by atoms with Gasteiger partial charge in [0, 0.05) is 0 Å². The molecule has 4 saturated carbocycles. The molecule has 0 bridgehead atoms. The van der Waals surface area contributed by atoms with Crippen molar-refractivity contribution >= 4 is 5.97 Å². The lowest BCUT2D eigenvalue weighted by Gasteiger charge is -2.71. The fourth-order valence-corrected chi connectivity index (χ4v) is 9.48. The molecule has 4 heteroatoms. The van der Waals surface area contributed by atoms with E-state index in [0.717, 1.165) is 38.5 Å². The van der Waals surface area contributed by atoms with Crippen molar-refractivity contribution in [1.29, 1.82) is 0 Å². The maximum absolute atomic E-state index is 11.9. The number of ether oxygens (including phenoxy) is 1. The number of hydrogen-bond acceptors (Lipinski definition) is 4. The largest absolute Gasteiger partial charge is 0.469 e. The number of rotatable bonds is 2. The van der Waals surface area contributed by atoms with E-state index in [1.165, 1.54) is 20.0 Å².